The van der Waals surface area contributed by atoms with E-state index in [-0.39, 0.29) is 17.4 Å². The highest BCUT2D eigenvalue weighted by atomic mass is 16.2. The molecule has 0 radical (unpaired) electrons. The van der Waals surface area contributed by atoms with Crippen LogP contribution in [0.4, 0.5) is 11.4 Å². The normalized spacial score (nSPS) is 18.3. The van der Waals surface area contributed by atoms with Gasteiger partial charge in [0.25, 0.3) is 5.91 Å². The van der Waals surface area contributed by atoms with Gasteiger partial charge in [0, 0.05) is 67.1 Å². The van der Waals surface area contributed by atoms with Crippen LogP contribution in [0.3, 0.4) is 0 Å². The number of nitrogens with one attached hydrogen (secondary N) is 1. The van der Waals surface area contributed by atoms with Crippen LogP contribution >= 0.6 is 0 Å². The number of benzene rings is 2. The van der Waals surface area contributed by atoms with Crippen molar-refractivity contribution in [1.29, 1.82) is 0 Å². The van der Waals surface area contributed by atoms with Crippen LogP contribution in [0.5, 0.6) is 0 Å². The van der Waals surface area contributed by atoms with E-state index >= 15 is 0 Å². The predicted octanol–water partition coefficient (Wildman–Crippen LogP) is 4.72. The number of piperazine rings is 1. The summed E-state index contributed by atoms with van der Waals surface area (Å²) in [6, 6.07) is 14.9. The SMILES string of the molecule is C=CC(=O)N1CCN(c2cc(C(=O)NCCC3(N)CCCCC3)nc3c2CCN(c2cccc4cccc(C)c24)C3)CC1. The molecule has 3 N–H and O–H groups in total. The quantitative estimate of drug-likeness (QED) is 0.393. The third kappa shape index (κ3) is 6.11. The summed E-state index contributed by atoms with van der Waals surface area (Å²) in [4.78, 5) is 37.3. The molecule has 2 aliphatic heterocycles. The minimum absolute atomic E-state index is 0.0341. The Balaban J connectivity index is 1.28. The molecule has 3 aromatic rings. The second-order valence-corrected chi connectivity index (χ2v) is 12.5. The molecule has 1 saturated heterocycles. The van der Waals surface area contributed by atoms with Gasteiger partial charge in [-0.3, -0.25) is 9.59 Å². The number of hydrogen-bond donors (Lipinski definition) is 2. The zero-order chi connectivity index (χ0) is 30.0. The van der Waals surface area contributed by atoms with E-state index in [1.54, 1.807) is 0 Å². The number of anilines is 2. The molecule has 0 unspecified atom stereocenters. The fraction of sp³-hybridized carbons (Fsp3) is 0.457. The molecule has 2 aromatic carbocycles. The average molecular weight is 581 g/mol. The van der Waals surface area contributed by atoms with Crippen LogP contribution in [0, 0.1) is 6.92 Å². The molecule has 1 saturated carbocycles. The van der Waals surface area contributed by atoms with Gasteiger partial charge in [-0.05, 0) is 61.8 Å². The van der Waals surface area contributed by atoms with Gasteiger partial charge in [0.15, 0.2) is 0 Å². The first-order chi connectivity index (χ1) is 20.8. The lowest BCUT2D eigenvalue weighted by atomic mass is 9.80. The van der Waals surface area contributed by atoms with Crippen LogP contribution in [0.25, 0.3) is 10.8 Å². The molecule has 226 valence electrons. The largest absolute Gasteiger partial charge is 0.368 e. The first kappa shape index (κ1) is 29.2. The summed E-state index contributed by atoms with van der Waals surface area (Å²) >= 11 is 0. The molecule has 0 atom stereocenters. The molecule has 1 aliphatic carbocycles. The summed E-state index contributed by atoms with van der Waals surface area (Å²) in [5.74, 6) is -0.185. The lowest BCUT2D eigenvalue weighted by molar-refractivity contribution is -0.126. The summed E-state index contributed by atoms with van der Waals surface area (Å²) in [7, 11) is 0. The Morgan fingerprint density at radius 2 is 1.74 bits per heavy atom. The Hall–Kier alpha value is -3.91. The maximum atomic E-state index is 13.6. The van der Waals surface area contributed by atoms with Crippen molar-refractivity contribution in [2.75, 3.05) is 49.1 Å². The van der Waals surface area contributed by atoms with Gasteiger partial charge in [-0.1, -0.05) is 56.2 Å². The van der Waals surface area contributed by atoms with Crippen molar-refractivity contribution in [3.63, 3.8) is 0 Å². The van der Waals surface area contributed by atoms with Gasteiger partial charge in [-0.25, -0.2) is 4.98 Å². The third-order valence-electron chi connectivity index (χ3n) is 9.69. The molecule has 43 heavy (non-hydrogen) atoms. The maximum Gasteiger partial charge on any atom is 0.269 e. The number of aryl methyl sites for hydroxylation is 1. The second kappa shape index (κ2) is 12.4. The van der Waals surface area contributed by atoms with Gasteiger partial charge in [-0.2, -0.15) is 0 Å². The average Bonchev–Trinajstić information content (AvgIpc) is 3.03. The highest BCUT2D eigenvalue weighted by molar-refractivity contribution is 5.97. The summed E-state index contributed by atoms with van der Waals surface area (Å²) in [5.41, 5.74) is 12.6. The van der Waals surface area contributed by atoms with Crippen LogP contribution in [0.15, 0.2) is 55.1 Å². The third-order valence-corrected chi connectivity index (χ3v) is 9.69. The number of nitrogens with two attached hydrogens (primary N) is 1. The van der Waals surface area contributed by atoms with E-state index in [9.17, 15) is 9.59 Å². The van der Waals surface area contributed by atoms with Gasteiger partial charge in [-0.15, -0.1) is 0 Å². The Bertz CT molecular complexity index is 1510. The molecular formula is C35H44N6O2. The maximum absolute atomic E-state index is 13.6. The Morgan fingerprint density at radius 1 is 1.00 bits per heavy atom. The summed E-state index contributed by atoms with van der Waals surface area (Å²) in [6.45, 7) is 10.5. The van der Waals surface area contributed by atoms with Gasteiger partial charge in [0.2, 0.25) is 5.91 Å². The van der Waals surface area contributed by atoms with Gasteiger partial charge < -0.3 is 25.8 Å². The molecule has 8 heteroatoms. The number of fused-ring (bicyclic) bond motifs is 2. The number of rotatable bonds is 7. The number of pyridine rings is 1. The number of nitrogens with zero attached hydrogens (tertiary/aromatic N) is 4. The minimum atomic E-state index is -0.181. The number of carbonyl (C=O) groups excluding carboxylic acids is 2. The van der Waals surface area contributed by atoms with E-state index in [2.05, 4.69) is 65.0 Å². The lowest BCUT2D eigenvalue weighted by Crippen LogP contribution is -2.49. The molecular weight excluding hydrogens is 536 g/mol. The summed E-state index contributed by atoms with van der Waals surface area (Å²) in [5, 5.41) is 5.63. The van der Waals surface area contributed by atoms with Gasteiger partial charge in [0.05, 0.1) is 12.2 Å². The molecule has 2 amide bonds. The van der Waals surface area contributed by atoms with E-state index in [0.29, 0.717) is 45.0 Å². The molecule has 3 aliphatic rings. The fourth-order valence-corrected chi connectivity index (χ4v) is 7.21. The smallest absolute Gasteiger partial charge is 0.269 e. The number of hydrogen-bond acceptors (Lipinski definition) is 6. The standard InChI is InChI=1S/C35H44N6O2/c1-3-32(42)40-21-19-39(20-22-40)31-23-28(34(43)37-17-16-35(36)14-5-4-6-15-35)38-29-24-41(18-13-27(29)31)30-12-8-11-26-10-7-9-25(2)33(26)30/h3,7-12,23H,1,4-6,13-22,24,36H2,2H3,(H,37,43). The van der Waals surface area contributed by atoms with Crippen molar-refractivity contribution < 1.29 is 9.59 Å². The van der Waals surface area contributed by atoms with Crippen molar-refractivity contribution in [2.45, 2.75) is 64.0 Å². The predicted molar refractivity (Wildman–Crippen MR) is 174 cm³/mol. The molecule has 3 heterocycles. The van der Waals surface area contributed by atoms with Crippen LogP contribution in [0.1, 0.15) is 65.8 Å². The zero-order valence-electron chi connectivity index (χ0n) is 25.4. The number of carbonyl (C=O) groups is 2. The minimum Gasteiger partial charge on any atom is -0.368 e. The summed E-state index contributed by atoms with van der Waals surface area (Å²) in [6.07, 6.45) is 8.62. The molecule has 6 rings (SSSR count). The molecule has 2 fully saturated rings. The van der Waals surface area contributed by atoms with Crippen molar-refractivity contribution >= 4 is 34.0 Å². The van der Waals surface area contributed by atoms with E-state index in [1.165, 1.54) is 52.9 Å². The van der Waals surface area contributed by atoms with Crippen molar-refractivity contribution in [2.24, 2.45) is 5.73 Å². The Labute approximate surface area is 254 Å². The van der Waals surface area contributed by atoms with E-state index in [1.807, 2.05) is 11.0 Å². The van der Waals surface area contributed by atoms with E-state index in [0.717, 1.165) is 43.6 Å². The molecule has 1 aromatic heterocycles. The van der Waals surface area contributed by atoms with Crippen LogP contribution in [-0.4, -0.2) is 66.5 Å². The first-order valence-corrected chi connectivity index (χ1v) is 15.8. The molecule has 0 bridgehead atoms. The van der Waals surface area contributed by atoms with Crippen molar-refractivity contribution in [1.82, 2.24) is 15.2 Å². The van der Waals surface area contributed by atoms with Crippen LogP contribution < -0.4 is 20.9 Å². The monoisotopic (exact) mass is 580 g/mol. The topological polar surface area (TPSA) is 94.8 Å². The van der Waals surface area contributed by atoms with Crippen LogP contribution in [-0.2, 0) is 17.8 Å². The van der Waals surface area contributed by atoms with Crippen LogP contribution in [0.2, 0.25) is 0 Å². The van der Waals surface area contributed by atoms with Gasteiger partial charge >= 0.3 is 0 Å². The number of amides is 2. The lowest BCUT2D eigenvalue weighted by Gasteiger charge is -2.39. The fourth-order valence-electron chi connectivity index (χ4n) is 7.21. The highest BCUT2D eigenvalue weighted by Crippen LogP contribution is 2.36. The Kier molecular flexibility index (Phi) is 8.39. The molecule has 8 nitrogen and oxygen atoms in total. The van der Waals surface area contributed by atoms with E-state index < -0.39 is 0 Å². The highest BCUT2D eigenvalue weighted by Gasteiger charge is 2.30. The van der Waals surface area contributed by atoms with Gasteiger partial charge in [0.1, 0.15) is 5.69 Å². The zero-order valence-corrected chi connectivity index (χ0v) is 25.4. The first-order valence-electron chi connectivity index (χ1n) is 15.8. The van der Waals surface area contributed by atoms with E-state index in [4.69, 9.17) is 10.7 Å². The molecule has 0 spiro atoms. The summed E-state index contributed by atoms with van der Waals surface area (Å²) < 4.78 is 0. The Morgan fingerprint density at radius 3 is 2.49 bits per heavy atom. The van der Waals surface area contributed by atoms with Crippen molar-refractivity contribution in [3.05, 3.63) is 77.6 Å². The van der Waals surface area contributed by atoms with Crippen molar-refractivity contribution in [3.8, 4) is 0 Å². The number of aromatic nitrogens is 1. The second-order valence-electron chi connectivity index (χ2n) is 12.5.